The number of nitrogens with two attached hydrogens (primary N) is 1. The Morgan fingerprint density at radius 3 is 2.44 bits per heavy atom. The standard InChI is InChI=1S/C23H27N5O3S/c1-16(17-10-12-20(13-11-17)32(24,30)31)27(2)15-23(29)25-22-14-21(18-8-9-18)26-28(22)19-6-4-3-5-7-19/h3-7,10-14,16,18H,8-9,15H2,1-2H3,(H,25,29)(H2,24,30,31). The van der Waals surface area contributed by atoms with Gasteiger partial charge in [0.05, 0.1) is 22.8 Å². The topological polar surface area (TPSA) is 110 Å². The molecular weight excluding hydrogens is 426 g/mol. The Morgan fingerprint density at radius 1 is 1.19 bits per heavy atom. The monoisotopic (exact) mass is 453 g/mol. The van der Waals surface area contributed by atoms with Crippen LogP contribution in [0.1, 0.15) is 43.0 Å². The van der Waals surface area contributed by atoms with E-state index in [4.69, 9.17) is 10.2 Å². The summed E-state index contributed by atoms with van der Waals surface area (Å²) in [7, 11) is -1.88. The highest BCUT2D eigenvalue weighted by atomic mass is 32.2. The molecule has 1 fully saturated rings. The number of hydrogen-bond acceptors (Lipinski definition) is 5. The van der Waals surface area contributed by atoms with Gasteiger partial charge in [-0.15, -0.1) is 0 Å². The first-order valence-electron chi connectivity index (χ1n) is 10.5. The van der Waals surface area contributed by atoms with E-state index in [2.05, 4.69) is 5.32 Å². The number of carbonyl (C=O) groups excluding carboxylic acids is 1. The molecule has 3 N–H and O–H groups in total. The molecule has 1 saturated carbocycles. The average Bonchev–Trinajstić information content (AvgIpc) is 3.54. The summed E-state index contributed by atoms with van der Waals surface area (Å²) < 4.78 is 24.7. The summed E-state index contributed by atoms with van der Waals surface area (Å²) in [5.74, 6) is 0.972. The van der Waals surface area contributed by atoms with Crippen LogP contribution in [0, 0.1) is 0 Å². The Balaban J connectivity index is 1.45. The second-order valence-electron chi connectivity index (χ2n) is 8.23. The fourth-order valence-corrected chi connectivity index (χ4v) is 4.08. The number of carbonyl (C=O) groups is 1. The molecule has 0 radical (unpaired) electrons. The van der Waals surface area contributed by atoms with Gasteiger partial charge in [0.2, 0.25) is 15.9 Å². The number of para-hydroxylation sites is 1. The molecule has 1 atom stereocenters. The van der Waals surface area contributed by atoms with Gasteiger partial charge < -0.3 is 5.32 Å². The number of anilines is 1. The number of likely N-dealkylation sites (N-methyl/N-ethyl adjacent to an activating group) is 1. The number of nitrogens with one attached hydrogen (secondary N) is 1. The summed E-state index contributed by atoms with van der Waals surface area (Å²) in [5.41, 5.74) is 2.78. The molecule has 4 rings (SSSR count). The van der Waals surface area contributed by atoms with Crippen LogP contribution < -0.4 is 10.5 Å². The number of primary sulfonamides is 1. The van der Waals surface area contributed by atoms with E-state index in [1.54, 1.807) is 16.8 Å². The van der Waals surface area contributed by atoms with Crippen LogP contribution in [-0.4, -0.2) is 42.6 Å². The first-order valence-corrected chi connectivity index (χ1v) is 12.1. The highest BCUT2D eigenvalue weighted by Crippen LogP contribution is 2.40. The number of nitrogens with zero attached hydrogens (tertiary/aromatic N) is 3. The van der Waals surface area contributed by atoms with Gasteiger partial charge in [0.25, 0.3) is 0 Å². The van der Waals surface area contributed by atoms with Crippen LogP contribution in [0.5, 0.6) is 0 Å². The second kappa shape index (κ2) is 8.85. The predicted molar refractivity (Wildman–Crippen MR) is 123 cm³/mol. The van der Waals surface area contributed by atoms with Crippen LogP contribution >= 0.6 is 0 Å². The van der Waals surface area contributed by atoms with Crippen molar-refractivity contribution >= 4 is 21.7 Å². The number of amides is 1. The van der Waals surface area contributed by atoms with Crippen LogP contribution in [-0.2, 0) is 14.8 Å². The Morgan fingerprint density at radius 2 is 1.84 bits per heavy atom. The zero-order valence-corrected chi connectivity index (χ0v) is 18.9. The van der Waals surface area contributed by atoms with Gasteiger partial charge in [-0.25, -0.2) is 18.2 Å². The molecule has 1 aliphatic carbocycles. The first-order chi connectivity index (χ1) is 15.2. The van der Waals surface area contributed by atoms with Crippen molar-refractivity contribution in [1.82, 2.24) is 14.7 Å². The van der Waals surface area contributed by atoms with Crippen LogP contribution in [0.2, 0.25) is 0 Å². The van der Waals surface area contributed by atoms with Crippen molar-refractivity contribution in [3.8, 4) is 5.69 Å². The lowest BCUT2D eigenvalue weighted by Crippen LogP contribution is -2.32. The minimum absolute atomic E-state index is 0.0643. The first kappa shape index (κ1) is 22.2. The van der Waals surface area contributed by atoms with Gasteiger partial charge >= 0.3 is 0 Å². The second-order valence-corrected chi connectivity index (χ2v) is 9.79. The maximum absolute atomic E-state index is 12.8. The van der Waals surface area contributed by atoms with Gasteiger partial charge in [0, 0.05) is 18.0 Å². The van der Waals surface area contributed by atoms with Gasteiger partial charge in [-0.05, 0) is 56.6 Å². The molecular formula is C23H27N5O3S. The van der Waals surface area contributed by atoms with Crippen molar-refractivity contribution in [3.05, 3.63) is 71.9 Å². The fourth-order valence-electron chi connectivity index (χ4n) is 3.57. The van der Waals surface area contributed by atoms with E-state index >= 15 is 0 Å². The van der Waals surface area contributed by atoms with Crippen LogP contribution in [0.3, 0.4) is 0 Å². The Hall–Kier alpha value is -3.01. The number of rotatable bonds is 8. The highest BCUT2D eigenvalue weighted by Gasteiger charge is 2.28. The van der Waals surface area contributed by atoms with Gasteiger partial charge in [0.15, 0.2) is 0 Å². The molecule has 0 bridgehead atoms. The third-order valence-corrected chi connectivity index (χ3v) is 6.67. The van der Waals surface area contributed by atoms with Gasteiger partial charge in [-0.3, -0.25) is 9.69 Å². The van der Waals surface area contributed by atoms with Gasteiger partial charge in [-0.2, -0.15) is 5.10 Å². The quantitative estimate of drug-likeness (QED) is 0.545. The summed E-state index contributed by atoms with van der Waals surface area (Å²) in [6.07, 6.45) is 2.26. The van der Waals surface area contributed by atoms with Crippen LogP contribution in [0.4, 0.5) is 5.82 Å². The third-order valence-electron chi connectivity index (χ3n) is 5.74. The van der Waals surface area contributed by atoms with E-state index in [1.807, 2.05) is 55.3 Å². The Labute approximate surface area is 188 Å². The van der Waals surface area contributed by atoms with Crippen LogP contribution in [0.15, 0.2) is 65.6 Å². The van der Waals surface area contributed by atoms with Crippen molar-refractivity contribution in [3.63, 3.8) is 0 Å². The lowest BCUT2D eigenvalue weighted by Gasteiger charge is -2.24. The molecule has 32 heavy (non-hydrogen) atoms. The number of aromatic nitrogens is 2. The molecule has 2 aromatic carbocycles. The summed E-state index contributed by atoms with van der Waals surface area (Å²) in [4.78, 5) is 14.8. The molecule has 3 aromatic rings. The third kappa shape index (κ3) is 5.07. The molecule has 168 valence electrons. The summed E-state index contributed by atoms with van der Waals surface area (Å²) in [6, 6.07) is 18.0. The van der Waals surface area contributed by atoms with E-state index in [0.717, 1.165) is 29.8 Å². The van der Waals surface area contributed by atoms with E-state index in [1.165, 1.54) is 12.1 Å². The van der Waals surface area contributed by atoms with Crippen molar-refractivity contribution in [2.75, 3.05) is 18.9 Å². The van der Waals surface area contributed by atoms with E-state index in [0.29, 0.717) is 11.7 Å². The molecule has 8 nitrogen and oxygen atoms in total. The molecule has 1 heterocycles. The maximum atomic E-state index is 12.8. The van der Waals surface area contributed by atoms with Gasteiger partial charge in [-0.1, -0.05) is 30.3 Å². The van der Waals surface area contributed by atoms with Crippen molar-refractivity contribution in [2.45, 2.75) is 36.6 Å². The molecule has 9 heteroatoms. The minimum atomic E-state index is -3.73. The Kier molecular flexibility index (Phi) is 6.14. The molecule has 0 aliphatic heterocycles. The number of benzene rings is 2. The highest BCUT2D eigenvalue weighted by molar-refractivity contribution is 7.89. The molecule has 1 aromatic heterocycles. The Bertz CT molecular complexity index is 1200. The number of sulfonamides is 1. The van der Waals surface area contributed by atoms with Crippen LogP contribution in [0.25, 0.3) is 5.69 Å². The van der Waals surface area contributed by atoms with Crippen molar-refractivity contribution in [1.29, 1.82) is 0 Å². The van der Waals surface area contributed by atoms with E-state index in [9.17, 15) is 13.2 Å². The zero-order valence-electron chi connectivity index (χ0n) is 18.1. The largest absolute Gasteiger partial charge is 0.309 e. The molecule has 1 unspecified atom stereocenters. The van der Waals surface area contributed by atoms with E-state index in [-0.39, 0.29) is 23.4 Å². The van der Waals surface area contributed by atoms with Gasteiger partial charge in [0.1, 0.15) is 5.82 Å². The smallest absolute Gasteiger partial charge is 0.239 e. The molecule has 1 aliphatic rings. The predicted octanol–water partition coefficient (Wildman–Crippen LogP) is 3.03. The zero-order chi connectivity index (χ0) is 22.9. The minimum Gasteiger partial charge on any atom is -0.309 e. The van der Waals surface area contributed by atoms with Crippen molar-refractivity contribution in [2.24, 2.45) is 5.14 Å². The summed E-state index contributed by atoms with van der Waals surface area (Å²) >= 11 is 0. The molecule has 0 saturated heterocycles. The fraction of sp³-hybridized carbons (Fsp3) is 0.304. The summed E-state index contributed by atoms with van der Waals surface area (Å²) in [5, 5.41) is 12.9. The summed E-state index contributed by atoms with van der Waals surface area (Å²) in [6.45, 7) is 2.12. The van der Waals surface area contributed by atoms with E-state index < -0.39 is 10.0 Å². The van der Waals surface area contributed by atoms with Crippen molar-refractivity contribution < 1.29 is 13.2 Å². The lowest BCUT2D eigenvalue weighted by atomic mass is 10.1. The lowest BCUT2D eigenvalue weighted by molar-refractivity contribution is -0.117. The average molecular weight is 454 g/mol. The normalized spacial score (nSPS) is 15.0. The molecule has 0 spiro atoms. The maximum Gasteiger partial charge on any atom is 0.239 e. The number of hydrogen-bond donors (Lipinski definition) is 2. The molecule has 1 amide bonds. The SMILES string of the molecule is CC(c1ccc(S(N)(=O)=O)cc1)N(C)CC(=O)Nc1cc(C2CC2)nn1-c1ccccc1.